The third-order valence-electron chi connectivity index (χ3n) is 1.52. The van der Waals surface area contributed by atoms with E-state index in [-0.39, 0.29) is 13.1 Å². The number of amides is 1. The predicted molar refractivity (Wildman–Crippen MR) is 79.5 cm³/mol. The van der Waals surface area contributed by atoms with E-state index in [9.17, 15) is 4.79 Å². The van der Waals surface area contributed by atoms with Crippen LogP contribution in [0.15, 0.2) is 59.9 Å². The van der Waals surface area contributed by atoms with Gasteiger partial charge in [0, 0.05) is 7.12 Å². The first-order valence-electron chi connectivity index (χ1n) is 6.08. The van der Waals surface area contributed by atoms with Crippen LogP contribution in [0.25, 0.3) is 0 Å². The van der Waals surface area contributed by atoms with Crippen LogP contribution < -0.4 is 5.32 Å². The Bertz CT molecular complexity index is 368. The summed E-state index contributed by atoms with van der Waals surface area (Å²) in [5, 5.41) is 2.61. The molecular formula is C15H25NO2. The van der Waals surface area contributed by atoms with Gasteiger partial charge in [0.15, 0.2) is 5.76 Å². The van der Waals surface area contributed by atoms with Crippen LogP contribution in [-0.4, -0.2) is 5.91 Å². The van der Waals surface area contributed by atoms with Gasteiger partial charge >= 0.3 is 0 Å². The summed E-state index contributed by atoms with van der Waals surface area (Å²) in [5.41, 5.74) is 0.585. The molecule has 1 aromatic heterocycles. The van der Waals surface area contributed by atoms with Gasteiger partial charge in [-0.05, 0) is 24.3 Å². The standard InChI is InChI=1S/C11H11NO2.2C2H6.H2/c1-3-6-9(4-2)12-11(13)10-7-5-8-14-10;2*1-2;/h3-8H,1-2H2,(H,12,13);2*1-2H3;1H/b9-6+;;;. The van der Waals surface area contributed by atoms with Gasteiger partial charge in [-0.25, -0.2) is 0 Å². The van der Waals surface area contributed by atoms with Crippen LogP contribution in [0, 0.1) is 0 Å². The van der Waals surface area contributed by atoms with Crippen molar-refractivity contribution in [3.05, 3.63) is 61.2 Å². The highest BCUT2D eigenvalue weighted by Gasteiger charge is 2.07. The van der Waals surface area contributed by atoms with Gasteiger partial charge in [-0.2, -0.15) is 0 Å². The van der Waals surface area contributed by atoms with E-state index in [0.29, 0.717) is 5.70 Å². The third-order valence-corrected chi connectivity index (χ3v) is 1.52. The molecule has 1 heterocycles. The summed E-state index contributed by atoms with van der Waals surface area (Å²) in [4.78, 5) is 11.4. The number of carbonyl (C=O) groups is 1. The fourth-order valence-corrected chi connectivity index (χ4v) is 0.888. The van der Waals surface area contributed by atoms with Crippen molar-refractivity contribution in [3.8, 4) is 0 Å². The van der Waals surface area contributed by atoms with Gasteiger partial charge in [0.25, 0.3) is 5.91 Å². The SMILES string of the molecule is C=C/C=C(\C=C)NC(=O)c1ccco1.CC.CC.[HH]. The molecular weight excluding hydrogens is 226 g/mol. The van der Waals surface area contributed by atoms with Crippen molar-refractivity contribution in [2.24, 2.45) is 0 Å². The molecule has 0 bridgehead atoms. The molecule has 0 spiro atoms. The molecule has 1 aromatic rings. The van der Waals surface area contributed by atoms with Crippen LogP contribution in [-0.2, 0) is 0 Å². The Kier molecular flexibility index (Phi) is 13.3. The smallest absolute Gasteiger partial charge is 0.291 e. The first-order chi connectivity index (χ1) is 8.77. The van der Waals surface area contributed by atoms with Crippen LogP contribution in [0.2, 0.25) is 0 Å². The summed E-state index contributed by atoms with van der Waals surface area (Å²) in [6, 6.07) is 3.24. The van der Waals surface area contributed by atoms with E-state index in [1.54, 1.807) is 24.3 Å². The summed E-state index contributed by atoms with van der Waals surface area (Å²) < 4.78 is 4.92. The molecule has 3 heteroatoms. The minimum Gasteiger partial charge on any atom is -0.459 e. The molecule has 0 aromatic carbocycles. The maximum absolute atomic E-state index is 11.4. The number of furan rings is 1. The predicted octanol–water partition coefficient (Wildman–Crippen LogP) is 4.56. The Morgan fingerprint density at radius 2 is 1.94 bits per heavy atom. The van der Waals surface area contributed by atoms with Gasteiger partial charge in [-0.1, -0.05) is 46.9 Å². The summed E-state index contributed by atoms with van der Waals surface area (Å²) >= 11 is 0. The quantitative estimate of drug-likeness (QED) is 0.797. The minimum absolute atomic E-state index is 0. The maximum atomic E-state index is 11.4. The maximum Gasteiger partial charge on any atom is 0.291 e. The highest BCUT2D eigenvalue weighted by atomic mass is 16.3. The van der Waals surface area contributed by atoms with Gasteiger partial charge < -0.3 is 9.73 Å². The lowest BCUT2D eigenvalue weighted by Gasteiger charge is -2.01. The molecule has 0 aliphatic carbocycles. The van der Waals surface area contributed by atoms with E-state index >= 15 is 0 Å². The average molecular weight is 251 g/mol. The molecule has 1 rings (SSSR count). The Balaban J connectivity index is -0.000000467. The zero-order chi connectivity index (χ0) is 14.4. The Labute approximate surface area is 111 Å². The van der Waals surface area contributed by atoms with E-state index in [1.807, 2.05) is 27.7 Å². The molecule has 0 aliphatic heterocycles. The number of hydrogen-bond donors (Lipinski definition) is 1. The normalized spacial score (nSPS) is 9.00. The van der Waals surface area contributed by atoms with Crippen molar-refractivity contribution in [2.75, 3.05) is 0 Å². The van der Waals surface area contributed by atoms with Gasteiger partial charge in [-0.15, -0.1) is 0 Å². The van der Waals surface area contributed by atoms with Crippen molar-refractivity contribution in [2.45, 2.75) is 27.7 Å². The van der Waals surface area contributed by atoms with Gasteiger partial charge in [-0.3, -0.25) is 4.79 Å². The number of rotatable bonds is 4. The average Bonchev–Trinajstić information content (AvgIpc) is 2.97. The van der Waals surface area contributed by atoms with Gasteiger partial charge in [0.05, 0.1) is 6.26 Å². The topological polar surface area (TPSA) is 42.2 Å². The monoisotopic (exact) mass is 251 g/mol. The van der Waals surface area contributed by atoms with E-state index in [1.165, 1.54) is 12.3 Å². The largest absolute Gasteiger partial charge is 0.459 e. The summed E-state index contributed by atoms with van der Waals surface area (Å²) in [7, 11) is 0. The lowest BCUT2D eigenvalue weighted by Crippen LogP contribution is -2.20. The number of allylic oxidation sites excluding steroid dienone is 3. The van der Waals surface area contributed by atoms with Gasteiger partial charge in [0.1, 0.15) is 0 Å². The molecule has 0 unspecified atom stereocenters. The highest BCUT2D eigenvalue weighted by molar-refractivity contribution is 5.92. The molecule has 0 saturated carbocycles. The van der Waals surface area contributed by atoms with E-state index in [4.69, 9.17) is 4.42 Å². The molecule has 1 amide bonds. The van der Waals surface area contributed by atoms with Crippen LogP contribution in [0.1, 0.15) is 39.7 Å². The van der Waals surface area contributed by atoms with Crippen LogP contribution in [0.4, 0.5) is 0 Å². The van der Waals surface area contributed by atoms with Crippen molar-refractivity contribution in [1.82, 2.24) is 5.32 Å². The van der Waals surface area contributed by atoms with Crippen molar-refractivity contribution in [3.63, 3.8) is 0 Å². The zero-order valence-corrected chi connectivity index (χ0v) is 11.7. The summed E-state index contributed by atoms with van der Waals surface area (Å²) in [6.45, 7) is 15.1. The lowest BCUT2D eigenvalue weighted by molar-refractivity contribution is 0.0940. The highest BCUT2D eigenvalue weighted by Crippen LogP contribution is 2.01. The second kappa shape index (κ2) is 13.0. The molecule has 0 aliphatic rings. The number of nitrogens with one attached hydrogen (secondary N) is 1. The zero-order valence-electron chi connectivity index (χ0n) is 11.7. The Morgan fingerprint density at radius 1 is 1.33 bits per heavy atom. The van der Waals surface area contributed by atoms with Gasteiger partial charge in [0.2, 0.25) is 0 Å². The molecule has 1 N–H and O–H groups in total. The summed E-state index contributed by atoms with van der Waals surface area (Å²) in [6.07, 6.45) is 6.19. The number of hydrogen-bond acceptors (Lipinski definition) is 2. The summed E-state index contributed by atoms with van der Waals surface area (Å²) in [5.74, 6) is -0.0372. The van der Waals surface area contributed by atoms with Crippen molar-refractivity contribution >= 4 is 5.91 Å². The first kappa shape index (κ1) is 18.3. The second-order valence-corrected chi connectivity index (χ2v) is 2.49. The minimum atomic E-state index is -0.303. The molecule has 102 valence electrons. The lowest BCUT2D eigenvalue weighted by atomic mass is 10.3. The molecule has 18 heavy (non-hydrogen) atoms. The van der Waals surface area contributed by atoms with E-state index < -0.39 is 0 Å². The van der Waals surface area contributed by atoms with Crippen LogP contribution in [0.3, 0.4) is 0 Å². The number of carbonyl (C=O) groups excluding carboxylic acids is 1. The fraction of sp³-hybridized carbons (Fsp3) is 0.267. The second-order valence-electron chi connectivity index (χ2n) is 2.49. The molecule has 0 fully saturated rings. The Hall–Kier alpha value is -2.03. The van der Waals surface area contributed by atoms with Crippen LogP contribution in [0.5, 0.6) is 0 Å². The van der Waals surface area contributed by atoms with E-state index in [2.05, 4.69) is 18.5 Å². The third kappa shape index (κ3) is 7.28. The molecule has 3 nitrogen and oxygen atoms in total. The molecule has 0 radical (unpaired) electrons. The molecule has 0 atom stereocenters. The van der Waals surface area contributed by atoms with Crippen molar-refractivity contribution < 1.29 is 10.6 Å². The Morgan fingerprint density at radius 3 is 2.33 bits per heavy atom. The van der Waals surface area contributed by atoms with E-state index in [0.717, 1.165) is 0 Å². The van der Waals surface area contributed by atoms with Crippen molar-refractivity contribution in [1.29, 1.82) is 0 Å². The molecule has 0 saturated heterocycles. The fourth-order valence-electron chi connectivity index (χ4n) is 0.888. The van der Waals surface area contributed by atoms with Crippen LogP contribution >= 0.6 is 0 Å². The first-order valence-corrected chi connectivity index (χ1v) is 6.08.